The molecule has 5 nitrogen and oxygen atoms in total. The Hall–Kier alpha value is -0.460. The first-order chi connectivity index (χ1) is 12.2. The molecule has 0 aromatic rings. The summed E-state index contributed by atoms with van der Waals surface area (Å²) in [6.45, 7) is 2.57. The molecule has 0 aromatic carbocycles. The number of hydrogen-bond donors (Lipinski definition) is 3. The van der Waals surface area contributed by atoms with E-state index >= 15 is 0 Å². The average Bonchev–Trinajstić information content (AvgIpc) is 2.61. The Morgan fingerprint density at radius 3 is 2.28 bits per heavy atom. The van der Waals surface area contributed by atoms with Crippen LogP contribution in [0, 0.1) is 0 Å². The Morgan fingerprint density at radius 1 is 0.960 bits per heavy atom. The molecule has 1 fully saturated rings. The van der Waals surface area contributed by atoms with E-state index in [0.717, 1.165) is 19.3 Å². The molecule has 1 aliphatic rings. The van der Waals surface area contributed by atoms with E-state index in [-0.39, 0.29) is 13.2 Å². The number of aliphatic hydroxyl groups excluding tert-OH is 3. The van der Waals surface area contributed by atoms with Crippen molar-refractivity contribution in [3.05, 3.63) is 12.2 Å². The van der Waals surface area contributed by atoms with E-state index in [9.17, 15) is 10.2 Å². The summed E-state index contributed by atoms with van der Waals surface area (Å²) in [6, 6.07) is 0. The molecule has 0 amide bonds. The summed E-state index contributed by atoms with van der Waals surface area (Å²) in [5.41, 5.74) is 0. The third kappa shape index (κ3) is 9.71. The van der Waals surface area contributed by atoms with Crippen molar-refractivity contribution in [3.8, 4) is 0 Å². The summed E-state index contributed by atoms with van der Waals surface area (Å²) in [6.07, 6.45) is 13.5. The van der Waals surface area contributed by atoms with Crippen molar-refractivity contribution in [2.45, 2.75) is 95.5 Å². The van der Waals surface area contributed by atoms with Gasteiger partial charge in [-0.2, -0.15) is 0 Å². The van der Waals surface area contributed by atoms with Crippen LogP contribution >= 0.6 is 0 Å². The Bertz CT molecular complexity index is 334. The molecule has 25 heavy (non-hydrogen) atoms. The van der Waals surface area contributed by atoms with Crippen LogP contribution < -0.4 is 0 Å². The quantitative estimate of drug-likeness (QED) is 0.329. The van der Waals surface area contributed by atoms with Crippen molar-refractivity contribution >= 4 is 0 Å². The van der Waals surface area contributed by atoms with Crippen molar-refractivity contribution in [2.24, 2.45) is 0 Å². The van der Waals surface area contributed by atoms with Gasteiger partial charge in [0.2, 0.25) is 0 Å². The van der Waals surface area contributed by atoms with Crippen molar-refractivity contribution in [1.82, 2.24) is 0 Å². The number of ether oxygens (including phenoxy) is 2. The number of allylic oxidation sites excluding steroid dienone is 2. The predicted octanol–water partition coefficient (Wildman–Crippen LogP) is 2.96. The van der Waals surface area contributed by atoms with Gasteiger partial charge in [-0.05, 0) is 32.1 Å². The zero-order chi connectivity index (χ0) is 18.3. The molecular weight excluding hydrogens is 320 g/mol. The van der Waals surface area contributed by atoms with E-state index in [1.165, 1.54) is 44.9 Å². The molecule has 0 bridgehead atoms. The third-order valence-electron chi connectivity index (χ3n) is 4.72. The van der Waals surface area contributed by atoms with Gasteiger partial charge in [0.1, 0.15) is 24.4 Å². The van der Waals surface area contributed by atoms with Gasteiger partial charge in [-0.3, -0.25) is 0 Å². The van der Waals surface area contributed by atoms with Crippen LogP contribution in [0.1, 0.15) is 71.1 Å². The average molecular weight is 359 g/mol. The molecule has 0 aliphatic carbocycles. The summed E-state index contributed by atoms with van der Waals surface area (Å²) in [7, 11) is 0. The summed E-state index contributed by atoms with van der Waals surface area (Å²) in [5, 5.41) is 29.0. The van der Waals surface area contributed by atoms with Crippen molar-refractivity contribution in [2.75, 3.05) is 19.8 Å². The zero-order valence-electron chi connectivity index (χ0n) is 15.8. The maximum atomic E-state index is 10.0. The maximum Gasteiger partial charge on any atom is 0.114 e. The van der Waals surface area contributed by atoms with Gasteiger partial charge in [0.15, 0.2) is 0 Å². The lowest BCUT2D eigenvalue weighted by Crippen LogP contribution is -2.55. The molecule has 1 heterocycles. The molecule has 0 spiro atoms. The molecule has 5 heteroatoms. The van der Waals surface area contributed by atoms with Gasteiger partial charge in [-0.15, -0.1) is 0 Å². The highest BCUT2D eigenvalue weighted by Crippen LogP contribution is 2.19. The first-order valence-corrected chi connectivity index (χ1v) is 10.1. The van der Waals surface area contributed by atoms with E-state index in [0.29, 0.717) is 6.61 Å². The second-order valence-corrected chi connectivity index (χ2v) is 6.97. The minimum absolute atomic E-state index is 0.0914. The minimum Gasteiger partial charge on any atom is -0.394 e. The molecule has 148 valence electrons. The second kappa shape index (κ2) is 14.7. The van der Waals surface area contributed by atoms with Crippen molar-refractivity contribution in [3.63, 3.8) is 0 Å². The highest BCUT2D eigenvalue weighted by atomic mass is 16.6. The van der Waals surface area contributed by atoms with Gasteiger partial charge in [0, 0.05) is 6.61 Å². The number of hydrogen-bond acceptors (Lipinski definition) is 5. The Balaban J connectivity index is 1.98. The predicted molar refractivity (Wildman–Crippen MR) is 99.6 cm³/mol. The Labute approximate surface area is 153 Å². The summed E-state index contributed by atoms with van der Waals surface area (Å²) < 4.78 is 10.8. The smallest absolute Gasteiger partial charge is 0.114 e. The van der Waals surface area contributed by atoms with Crippen LogP contribution in [-0.2, 0) is 9.47 Å². The molecule has 0 radical (unpaired) electrons. The molecule has 0 aromatic heterocycles. The second-order valence-electron chi connectivity index (χ2n) is 6.97. The van der Waals surface area contributed by atoms with Crippen LogP contribution in [0.3, 0.4) is 0 Å². The van der Waals surface area contributed by atoms with Crippen LogP contribution in [0.2, 0.25) is 0 Å². The fourth-order valence-electron chi connectivity index (χ4n) is 3.09. The highest BCUT2D eigenvalue weighted by Gasteiger charge is 2.38. The van der Waals surface area contributed by atoms with E-state index in [1.807, 2.05) is 0 Å². The first kappa shape index (κ1) is 22.6. The van der Waals surface area contributed by atoms with Gasteiger partial charge < -0.3 is 24.8 Å². The van der Waals surface area contributed by atoms with Gasteiger partial charge in [0.05, 0.1) is 13.2 Å². The third-order valence-corrected chi connectivity index (χ3v) is 4.72. The minimum atomic E-state index is -0.981. The van der Waals surface area contributed by atoms with Crippen LogP contribution in [0.25, 0.3) is 0 Å². The Morgan fingerprint density at radius 2 is 1.60 bits per heavy atom. The lowest BCUT2D eigenvalue weighted by molar-refractivity contribution is -0.210. The SMILES string of the molecule is CCCCCCCC/C=C/CCCCO[C@@H]1[C@@H](O)[C@H](CO)OC[C@H]1O. The standard InChI is InChI=1S/C20H38O5/c1-2-3-4-5-6-7-8-9-10-11-12-13-14-24-20-17(22)16-25-18(15-21)19(20)23/h9-10,17-23H,2-8,11-16H2,1H3/b10-9+/t17-,18+,19+,20+/m1/s1. The number of unbranched alkanes of at least 4 members (excludes halogenated alkanes) is 8. The van der Waals surface area contributed by atoms with Gasteiger partial charge in [-0.25, -0.2) is 0 Å². The zero-order valence-corrected chi connectivity index (χ0v) is 15.8. The van der Waals surface area contributed by atoms with Gasteiger partial charge >= 0.3 is 0 Å². The van der Waals surface area contributed by atoms with Crippen molar-refractivity contribution in [1.29, 1.82) is 0 Å². The summed E-state index contributed by atoms with van der Waals surface area (Å²) in [4.78, 5) is 0. The van der Waals surface area contributed by atoms with Crippen LogP contribution in [-0.4, -0.2) is 59.6 Å². The molecule has 0 saturated carbocycles. The van der Waals surface area contributed by atoms with E-state index in [1.54, 1.807) is 0 Å². The lowest BCUT2D eigenvalue weighted by Gasteiger charge is -2.37. The molecule has 1 aliphatic heterocycles. The van der Waals surface area contributed by atoms with Gasteiger partial charge in [0.25, 0.3) is 0 Å². The highest BCUT2D eigenvalue weighted by molar-refractivity contribution is 4.87. The van der Waals surface area contributed by atoms with Crippen LogP contribution in [0.5, 0.6) is 0 Å². The molecule has 3 N–H and O–H groups in total. The Kier molecular flexibility index (Phi) is 13.3. The van der Waals surface area contributed by atoms with Crippen LogP contribution in [0.4, 0.5) is 0 Å². The fraction of sp³-hybridized carbons (Fsp3) is 0.900. The first-order valence-electron chi connectivity index (χ1n) is 10.1. The molecule has 1 rings (SSSR count). The van der Waals surface area contributed by atoms with Gasteiger partial charge in [-0.1, -0.05) is 51.2 Å². The lowest BCUT2D eigenvalue weighted by atomic mass is 10.0. The topological polar surface area (TPSA) is 79.2 Å². The van der Waals surface area contributed by atoms with E-state index in [2.05, 4.69) is 19.1 Å². The van der Waals surface area contributed by atoms with E-state index < -0.39 is 24.4 Å². The molecule has 0 unspecified atom stereocenters. The number of rotatable bonds is 14. The molecule has 4 atom stereocenters. The maximum absolute atomic E-state index is 10.0. The normalized spacial score (nSPS) is 27.2. The van der Waals surface area contributed by atoms with Crippen LogP contribution in [0.15, 0.2) is 12.2 Å². The summed E-state index contributed by atoms with van der Waals surface area (Å²) >= 11 is 0. The molecular formula is C20H38O5. The van der Waals surface area contributed by atoms with E-state index in [4.69, 9.17) is 14.6 Å². The van der Waals surface area contributed by atoms with Crippen molar-refractivity contribution < 1.29 is 24.8 Å². The summed E-state index contributed by atoms with van der Waals surface area (Å²) in [5.74, 6) is 0. The fourth-order valence-corrected chi connectivity index (χ4v) is 3.09. The number of aliphatic hydroxyl groups is 3. The largest absolute Gasteiger partial charge is 0.394 e. The monoisotopic (exact) mass is 358 g/mol. The molecule has 1 saturated heterocycles.